The second-order valence-corrected chi connectivity index (χ2v) is 6.02. The molecule has 0 spiro atoms. The van der Waals surface area contributed by atoms with Crippen LogP contribution in [-0.4, -0.2) is 13.1 Å². The van der Waals surface area contributed by atoms with E-state index in [1.807, 2.05) is 25.2 Å². The van der Waals surface area contributed by atoms with Crippen LogP contribution in [0.25, 0.3) is 0 Å². The molecule has 19 heavy (non-hydrogen) atoms. The zero-order chi connectivity index (χ0) is 14.3. The van der Waals surface area contributed by atoms with Crippen LogP contribution in [0.2, 0.25) is 10.0 Å². The fourth-order valence-corrected chi connectivity index (χ4v) is 3.12. The molecular weight excluding hydrogens is 277 g/mol. The minimum atomic E-state index is 0.468. The third-order valence-electron chi connectivity index (χ3n) is 3.71. The first-order valence-electron chi connectivity index (χ1n) is 7.23. The molecule has 1 unspecified atom stereocenters. The van der Waals surface area contributed by atoms with E-state index in [-0.39, 0.29) is 0 Å². The van der Waals surface area contributed by atoms with Gasteiger partial charge >= 0.3 is 0 Å². The van der Waals surface area contributed by atoms with Crippen LogP contribution in [0.3, 0.4) is 0 Å². The quantitative estimate of drug-likeness (QED) is 0.683. The lowest BCUT2D eigenvalue weighted by Crippen LogP contribution is -2.35. The molecule has 3 heteroatoms. The van der Waals surface area contributed by atoms with Crippen molar-refractivity contribution < 1.29 is 0 Å². The number of hydrogen-bond donors (Lipinski definition) is 1. The fraction of sp³-hybridized carbons (Fsp3) is 0.625. The Morgan fingerprint density at radius 2 is 1.74 bits per heavy atom. The molecule has 1 aromatic carbocycles. The number of likely N-dealkylation sites (N-methyl/N-ethyl adjacent to an activating group) is 1. The van der Waals surface area contributed by atoms with Gasteiger partial charge in [-0.3, -0.25) is 0 Å². The standard InChI is InChI=1S/C16H25Cl2N/c1-4-6-12(7-5-2)16(19-3)11-13-10-14(17)8-9-15(13)18/h8-10,12,16,19H,4-7,11H2,1-3H3. The number of nitrogens with one attached hydrogen (secondary N) is 1. The highest BCUT2D eigenvalue weighted by Gasteiger charge is 2.20. The van der Waals surface area contributed by atoms with Gasteiger partial charge in [-0.05, 0) is 56.0 Å². The van der Waals surface area contributed by atoms with Crippen LogP contribution in [-0.2, 0) is 6.42 Å². The molecule has 0 aliphatic rings. The zero-order valence-electron chi connectivity index (χ0n) is 12.2. The van der Waals surface area contributed by atoms with Crippen molar-refractivity contribution in [3.8, 4) is 0 Å². The van der Waals surface area contributed by atoms with Crippen molar-refractivity contribution in [1.29, 1.82) is 0 Å². The molecule has 0 saturated heterocycles. The lowest BCUT2D eigenvalue weighted by atomic mass is 9.87. The normalized spacial score (nSPS) is 12.9. The van der Waals surface area contributed by atoms with Crippen molar-refractivity contribution in [3.05, 3.63) is 33.8 Å². The van der Waals surface area contributed by atoms with E-state index < -0.39 is 0 Å². The fourth-order valence-electron chi connectivity index (χ4n) is 2.73. The van der Waals surface area contributed by atoms with Gasteiger partial charge in [0.05, 0.1) is 0 Å². The van der Waals surface area contributed by atoms with Gasteiger partial charge in [0, 0.05) is 16.1 Å². The van der Waals surface area contributed by atoms with Crippen molar-refractivity contribution in [3.63, 3.8) is 0 Å². The minimum absolute atomic E-state index is 0.468. The highest BCUT2D eigenvalue weighted by molar-refractivity contribution is 6.33. The van der Waals surface area contributed by atoms with Gasteiger partial charge in [-0.1, -0.05) is 49.9 Å². The van der Waals surface area contributed by atoms with E-state index in [2.05, 4.69) is 19.2 Å². The van der Waals surface area contributed by atoms with Crippen LogP contribution >= 0.6 is 23.2 Å². The molecule has 0 saturated carbocycles. The monoisotopic (exact) mass is 301 g/mol. The predicted octanol–water partition coefficient (Wildman–Crippen LogP) is 5.34. The Hall–Kier alpha value is -0.240. The Morgan fingerprint density at radius 1 is 1.11 bits per heavy atom. The second kappa shape index (κ2) is 8.84. The van der Waals surface area contributed by atoms with Crippen molar-refractivity contribution in [1.82, 2.24) is 5.32 Å². The summed E-state index contributed by atoms with van der Waals surface area (Å²) in [6.07, 6.45) is 5.92. The van der Waals surface area contributed by atoms with Crippen LogP contribution in [0.4, 0.5) is 0 Å². The van der Waals surface area contributed by atoms with Gasteiger partial charge in [-0.15, -0.1) is 0 Å². The van der Waals surface area contributed by atoms with Gasteiger partial charge in [0.25, 0.3) is 0 Å². The van der Waals surface area contributed by atoms with Crippen LogP contribution in [0.1, 0.15) is 45.1 Å². The van der Waals surface area contributed by atoms with Crippen molar-refractivity contribution >= 4 is 23.2 Å². The topological polar surface area (TPSA) is 12.0 Å². The van der Waals surface area contributed by atoms with Gasteiger partial charge in [-0.25, -0.2) is 0 Å². The van der Waals surface area contributed by atoms with E-state index in [1.54, 1.807) is 0 Å². The van der Waals surface area contributed by atoms with Gasteiger partial charge in [0.15, 0.2) is 0 Å². The summed E-state index contributed by atoms with van der Waals surface area (Å²) in [5.41, 5.74) is 1.14. The molecule has 0 fully saturated rings. The largest absolute Gasteiger partial charge is 0.316 e. The Bertz CT molecular complexity index is 373. The van der Waals surface area contributed by atoms with E-state index in [9.17, 15) is 0 Å². The summed E-state index contributed by atoms with van der Waals surface area (Å²) in [5, 5.41) is 5.04. The van der Waals surface area contributed by atoms with E-state index in [4.69, 9.17) is 23.2 Å². The minimum Gasteiger partial charge on any atom is -0.316 e. The van der Waals surface area contributed by atoms with Gasteiger partial charge in [-0.2, -0.15) is 0 Å². The summed E-state index contributed by atoms with van der Waals surface area (Å²) < 4.78 is 0. The average Bonchev–Trinajstić information content (AvgIpc) is 2.39. The summed E-state index contributed by atoms with van der Waals surface area (Å²) in [6, 6.07) is 6.19. The molecule has 0 bridgehead atoms. The SMILES string of the molecule is CCCC(CCC)C(Cc1cc(Cl)ccc1Cl)NC. The first-order valence-corrected chi connectivity index (χ1v) is 7.99. The number of halogens is 2. The average molecular weight is 302 g/mol. The Morgan fingerprint density at radius 3 is 2.26 bits per heavy atom. The molecule has 1 atom stereocenters. The molecule has 1 rings (SSSR count). The molecule has 0 radical (unpaired) electrons. The molecule has 108 valence electrons. The zero-order valence-corrected chi connectivity index (χ0v) is 13.7. The smallest absolute Gasteiger partial charge is 0.0439 e. The van der Waals surface area contributed by atoms with Crippen LogP contribution in [0, 0.1) is 5.92 Å². The van der Waals surface area contributed by atoms with Crippen LogP contribution in [0.15, 0.2) is 18.2 Å². The van der Waals surface area contributed by atoms with E-state index in [0.29, 0.717) is 12.0 Å². The molecule has 0 heterocycles. The number of rotatable bonds is 8. The number of hydrogen-bond acceptors (Lipinski definition) is 1. The maximum atomic E-state index is 6.27. The van der Waals surface area contributed by atoms with Gasteiger partial charge in [0.2, 0.25) is 0 Å². The van der Waals surface area contributed by atoms with Crippen molar-refractivity contribution in [2.24, 2.45) is 5.92 Å². The molecule has 0 aliphatic carbocycles. The van der Waals surface area contributed by atoms with Crippen LogP contribution in [0.5, 0.6) is 0 Å². The Balaban J connectivity index is 2.81. The third kappa shape index (κ3) is 5.33. The van der Waals surface area contributed by atoms with E-state index in [0.717, 1.165) is 22.0 Å². The van der Waals surface area contributed by atoms with E-state index >= 15 is 0 Å². The lowest BCUT2D eigenvalue weighted by molar-refractivity contribution is 0.323. The maximum Gasteiger partial charge on any atom is 0.0439 e. The van der Waals surface area contributed by atoms with E-state index in [1.165, 1.54) is 25.7 Å². The maximum absolute atomic E-state index is 6.27. The van der Waals surface area contributed by atoms with Crippen LogP contribution < -0.4 is 5.32 Å². The molecule has 1 nitrogen and oxygen atoms in total. The first-order chi connectivity index (χ1) is 9.12. The Kier molecular flexibility index (Phi) is 7.82. The molecule has 0 aliphatic heterocycles. The first kappa shape index (κ1) is 16.8. The molecule has 1 aromatic rings. The highest BCUT2D eigenvalue weighted by Crippen LogP contribution is 2.26. The molecule has 0 aromatic heterocycles. The Labute approximate surface area is 127 Å². The predicted molar refractivity (Wildman–Crippen MR) is 86.3 cm³/mol. The number of benzene rings is 1. The van der Waals surface area contributed by atoms with Crippen molar-refractivity contribution in [2.75, 3.05) is 7.05 Å². The van der Waals surface area contributed by atoms with Gasteiger partial charge < -0.3 is 5.32 Å². The summed E-state index contributed by atoms with van der Waals surface area (Å²) in [5.74, 6) is 0.704. The second-order valence-electron chi connectivity index (χ2n) is 5.17. The molecular formula is C16H25Cl2N. The lowest BCUT2D eigenvalue weighted by Gasteiger charge is -2.27. The summed E-state index contributed by atoms with van der Waals surface area (Å²) in [4.78, 5) is 0. The molecule has 1 N–H and O–H groups in total. The molecule has 0 amide bonds. The third-order valence-corrected chi connectivity index (χ3v) is 4.31. The van der Waals surface area contributed by atoms with Crippen molar-refractivity contribution in [2.45, 2.75) is 52.0 Å². The summed E-state index contributed by atoms with van der Waals surface area (Å²) in [6.45, 7) is 4.50. The highest BCUT2D eigenvalue weighted by atomic mass is 35.5. The van der Waals surface area contributed by atoms with Gasteiger partial charge in [0.1, 0.15) is 0 Å². The summed E-state index contributed by atoms with van der Waals surface area (Å²) >= 11 is 12.3. The summed E-state index contributed by atoms with van der Waals surface area (Å²) in [7, 11) is 2.04.